The van der Waals surface area contributed by atoms with Gasteiger partial charge >= 0.3 is 138 Å². The first kappa shape index (κ1) is 15.5. The van der Waals surface area contributed by atoms with Gasteiger partial charge in [0.1, 0.15) is 0 Å². The summed E-state index contributed by atoms with van der Waals surface area (Å²) in [5.74, 6) is 2.86. The van der Waals surface area contributed by atoms with Crippen molar-refractivity contribution >= 4 is 22.5 Å². The van der Waals surface area contributed by atoms with E-state index in [0.29, 0.717) is 0 Å². The zero-order chi connectivity index (χ0) is 16.2. The topological polar surface area (TPSA) is 23.8 Å². The third kappa shape index (κ3) is 2.11. The molecule has 23 heavy (non-hydrogen) atoms. The van der Waals surface area contributed by atoms with Gasteiger partial charge in [0.25, 0.3) is 0 Å². The molecule has 2 heteroatoms. The number of nitrogens with zero attached hydrogens (tertiary/aromatic N) is 1. The van der Waals surface area contributed by atoms with Gasteiger partial charge in [-0.3, -0.25) is 0 Å². The molecule has 0 amide bonds. The van der Waals surface area contributed by atoms with Gasteiger partial charge in [-0.2, -0.15) is 0 Å². The maximum atomic E-state index is 10.6. The van der Waals surface area contributed by atoms with Gasteiger partial charge in [-0.25, -0.2) is 0 Å². The number of benzene rings is 3. The molecule has 0 saturated carbocycles. The van der Waals surface area contributed by atoms with Crippen molar-refractivity contribution in [3.63, 3.8) is 0 Å². The Morgan fingerprint density at radius 3 is 1.17 bits per heavy atom. The molecule has 0 aliphatic rings. The summed E-state index contributed by atoms with van der Waals surface area (Å²) < 4.78 is 0. The Morgan fingerprint density at radius 1 is 0.652 bits per heavy atom. The monoisotopic (exact) mass is 317 g/mol. The van der Waals surface area contributed by atoms with Crippen molar-refractivity contribution < 1.29 is 0 Å². The molecule has 0 bridgehead atoms. The fourth-order valence-electron chi connectivity index (χ4n) is 3.51. The van der Waals surface area contributed by atoms with Gasteiger partial charge in [0.15, 0.2) is 0 Å². The molecule has 0 aliphatic heterocycles. The molecule has 114 valence electrons. The third-order valence-electron chi connectivity index (χ3n) is 4.83. The van der Waals surface area contributed by atoms with Gasteiger partial charge in [0, 0.05) is 0 Å². The van der Waals surface area contributed by atoms with E-state index in [9.17, 15) is 5.26 Å². The van der Waals surface area contributed by atoms with Gasteiger partial charge in [-0.15, -0.1) is 0 Å². The predicted octanol–water partition coefficient (Wildman–Crippen LogP) is 4.02. The van der Waals surface area contributed by atoms with Gasteiger partial charge in [0.05, 0.1) is 0 Å². The Kier molecular flexibility index (Phi) is 4.03. The van der Waals surface area contributed by atoms with Crippen LogP contribution in [0.3, 0.4) is 0 Å². The zero-order valence-electron chi connectivity index (χ0n) is 13.3. The predicted molar refractivity (Wildman–Crippen MR) is 101 cm³/mol. The second-order valence-electron chi connectivity index (χ2n) is 5.73. The second kappa shape index (κ2) is 5.99. The number of rotatable bonds is 4. The Labute approximate surface area is 138 Å². The molecule has 0 N–H and O–H groups in total. The molecular weight excluding hydrogens is 297 g/mol. The van der Waals surface area contributed by atoms with Crippen LogP contribution in [0, 0.1) is 11.1 Å². The molecule has 0 aliphatic carbocycles. The Balaban J connectivity index is 2.50. The standard InChI is InChI=1S/C21H20NP/c1-2-23(18-22,19-12-6-3-7-13-19,20-14-8-4-9-15-20)21-16-10-5-11-17-21/h3-17H,2H2,1H3. The SMILES string of the molecule is CCP(C#N)(c1ccccc1)(c1ccccc1)c1ccccc1. The molecule has 3 aromatic carbocycles. The molecule has 0 saturated heterocycles. The zero-order valence-corrected chi connectivity index (χ0v) is 14.2. The van der Waals surface area contributed by atoms with Crippen LogP contribution in [0.1, 0.15) is 6.92 Å². The van der Waals surface area contributed by atoms with Crippen molar-refractivity contribution in [1.82, 2.24) is 0 Å². The molecular formula is C21H20NP. The van der Waals surface area contributed by atoms with Crippen LogP contribution >= 0.6 is 6.60 Å². The maximum absolute atomic E-state index is 10.6. The summed E-state index contributed by atoms with van der Waals surface area (Å²) in [6.07, 6.45) is 0.792. The van der Waals surface area contributed by atoms with Gasteiger partial charge in [-0.05, 0) is 0 Å². The summed E-state index contributed by atoms with van der Waals surface area (Å²) >= 11 is 0. The van der Waals surface area contributed by atoms with E-state index in [-0.39, 0.29) is 0 Å². The summed E-state index contributed by atoms with van der Waals surface area (Å²) in [6, 6.07) is 31.0. The Hall–Kier alpha value is -2.42. The summed E-state index contributed by atoms with van der Waals surface area (Å²) in [4.78, 5) is 0. The molecule has 0 spiro atoms. The van der Waals surface area contributed by atoms with Crippen LogP contribution in [0.25, 0.3) is 0 Å². The van der Waals surface area contributed by atoms with E-state index < -0.39 is 6.60 Å². The molecule has 0 unspecified atom stereocenters. The van der Waals surface area contributed by atoms with Crippen LogP contribution in [0.15, 0.2) is 91.0 Å². The number of hydrogen-bond donors (Lipinski definition) is 0. The summed E-state index contributed by atoms with van der Waals surface area (Å²) in [7, 11) is 0. The molecule has 0 heterocycles. The molecule has 0 fully saturated rings. The van der Waals surface area contributed by atoms with Crippen molar-refractivity contribution in [1.29, 1.82) is 5.26 Å². The summed E-state index contributed by atoms with van der Waals surface area (Å²) in [5.41, 5.74) is 0. The molecule has 0 radical (unpaired) electrons. The fourth-order valence-corrected chi connectivity index (χ4v) is 8.48. The van der Waals surface area contributed by atoms with Crippen molar-refractivity contribution in [2.45, 2.75) is 6.92 Å². The van der Waals surface area contributed by atoms with Crippen molar-refractivity contribution in [2.75, 3.05) is 6.16 Å². The minimum absolute atomic E-state index is 0.792. The Bertz CT molecular complexity index is 721. The third-order valence-corrected chi connectivity index (χ3v) is 10.9. The molecule has 0 atom stereocenters. The minimum atomic E-state index is -3.12. The van der Waals surface area contributed by atoms with E-state index >= 15 is 0 Å². The van der Waals surface area contributed by atoms with Gasteiger partial charge < -0.3 is 0 Å². The van der Waals surface area contributed by atoms with E-state index in [0.717, 1.165) is 22.1 Å². The second-order valence-corrected chi connectivity index (χ2v) is 10.7. The quantitative estimate of drug-likeness (QED) is 0.667. The number of hydrogen-bond acceptors (Lipinski definition) is 1. The average Bonchev–Trinajstić information content (AvgIpc) is 2.67. The molecule has 0 aromatic heterocycles. The van der Waals surface area contributed by atoms with Crippen LogP contribution in [0.5, 0.6) is 0 Å². The fraction of sp³-hybridized carbons (Fsp3) is 0.0952. The van der Waals surface area contributed by atoms with E-state index in [1.165, 1.54) is 0 Å². The van der Waals surface area contributed by atoms with Crippen molar-refractivity contribution in [3.8, 4) is 5.81 Å². The van der Waals surface area contributed by atoms with E-state index in [1.54, 1.807) is 0 Å². The van der Waals surface area contributed by atoms with Crippen LogP contribution < -0.4 is 15.9 Å². The normalized spacial score (nSPS) is 12.8. The van der Waals surface area contributed by atoms with Crippen LogP contribution in [0.4, 0.5) is 0 Å². The average molecular weight is 317 g/mol. The van der Waals surface area contributed by atoms with E-state index in [2.05, 4.69) is 49.1 Å². The van der Waals surface area contributed by atoms with Crippen LogP contribution in [-0.4, -0.2) is 6.16 Å². The number of nitriles is 1. The first-order valence-electron chi connectivity index (χ1n) is 7.87. The Morgan fingerprint density at radius 2 is 0.957 bits per heavy atom. The van der Waals surface area contributed by atoms with Crippen molar-refractivity contribution in [3.05, 3.63) is 91.0 Å². The first-order valence-corrected chi connectivity index (χ1v) is 10.3. The van der Waals surface area contributed by atoms with Gasteiger partial charge in [0.2, 0.25) is 0 Å². The molecule has 3 rings (SSSR count). The van der Waals surface area contributed by atoms with E-state index in [4.69, 9.17) is 0 Å². The molecule has 1 nitrogen and oxygen atoms in total. The van der Waals surface area contributed by atoms with Crippen LogP contribution in [0.2, 0.25) is 0 Å². The van der Waals surface area contributed by atoms with Crippen LogP contribution in [-0.2, 0) is 0 Å². The van der Waals surface area contributed by atoms with E-state index in [1.807, 2.05) is 54.6 Å². The first-order chi connectivity index (χ1) is 11.3. The summed E-state index contributed by atoms with van der Waals surface area (Å²) in [6.45, 7) is -0.974. The van der Waals surface area contributed by atoms with Crippen molar-refractivity contribution in [2.24, 2.45) is 0 Å². The summed E-state index contributed by atoms with van der Waals surface area (Å²) in [5, 5.41) is 14.0. The molecule has 3 aromatic rings. The van der Waals surface area contributed by atoms with Gasteiger partial charge in [-0.1, -0.05) is 0 Å².